The van der Waals surface area contributed by atoms with Crippen molar-refractivity contribution in [2.75, 3.05) is 4.90 Å². The van der Waals surface area contributed by atoms with Gasteiger partial charge in [0, 0.05) is 11.4 Å². The van der Waals surface area contributed by atoms with E-state index >= 15 is 0 Å². The van der Waals surface area contributed by atoms with E-state index in [9.17, 15) is 14.0 Å². The van der Waals surface area contributed by atoms with Gasteiger partial charge in [0.1, 0.15) is 11.9 Å². The first-order valence-electron chi connectivity index (χ1n) is 10.3. The van der Waals surface area contributed by atoms with Gasteiger partial charge in [-0.25, -0.2) is 4.39 Å². The van der Waals surface area contributed by atoms with Gasteiger partial charge < -0.3 is 5.32 Å². The first-order chi connectivity index (χ1) is 15.0. The topological polar surface area (TPSA) is 75.2 Å². The van der Waals surface area contributed by atoms with Crippen LogP contribution in [0, 0.1) is 12.7 Å². The van der Waals surface area contributed by atoms with E-state index in [-0.39, 0.29) is 23.3 Å². The molecule has 160 valence electrons. The fourth-order valence-corrected chi connectivity index (χ4v) is 4.43. The zero-order chi connectivity index (χ0) is 21.8. The summed E-state index contributed by atoms with van der Waals surface area (Å²) in [4.78, 5) is 28.2. The van der Waals surface area contributed by atoms with Crippen LogP contribution in [0.15, 0.2) is 53.9 Å². The second-order valence-corrected chi connectivity index (χ2v) is 8.33. The molecule has 1 N–H and O–H groups in total. The number of rotatable bonds is 6. The van der Waals surface area contributed by atoms with Gasteiger partial charge in [-0.3, -0.25) is 14.5 Å². The Labute approximate surface area is 184 Å². The minimum atomic E-state index is -1.05. The first kappa shape index (κ1) is 21.1. The number of carbonyl (C=O) groups excluding carboxylic acids is 2. The fourth-order valence-electron chi connectivity index (χ4n) is 4.00. The summed E-state index contributed by atoms with van der Waals surface area (Å²) in [5, 5.41) is 8.45. The van der Waals surface area contributed by atoms with Crippen LogP contribution in [-0.2, 0) is 4.79 Å². The number of anilines is 1. The molecular weight excluding hydrogens is 415 g/mol. The average Bonchev–Trinajstić information content (AvgIpc) is 3.46. The molecule has 4 rings (SSSR count). The summed E-state index contributed by atoms with van der Waals surface area (Å²) in [6, 6.07) is 12.3. The van der Waals surface area contributed by atoms with Crippen LogP contribution in [0.25, 0.3) is 0 Å². The summed E-state index contributed by atoms with van der Waals surface area (Å²) < 4.78 is 18.7. The van der Waals surface area contributed by atoms with Crippen molar-refractivity contribution in [3.05, 3.63) is 76.5 Å². The Hall–Kier alpha value is -3.13. The predicted molar refractivity (Wildman–Crippen MR) is 117 cm³/mol. The Morgan fingerprint density at radius 2 is 1.94 bits per heavy atom. The number of carbonyl (C=O) groups is 2. The Morgan fingerprint density at radius 1 is 1.16 bits per heavy atom. The van der Waals surface area contributed by atoms with Crippen molar-refractivity contribution in [2.24, 2.45) is 0 Å². The van der Waals surface area contributed by atoms with Crippen molar-refractivity contribution in [3.63, 3.8) is 0 Å². The normalized spacial score (nSPS) is 14.9. The van der Waals surface area contributed by atoms with E-state index in [0.717, 1.165) is 42.8 Å². The van der Waals surface area contributed by atoms with Gasteiger partial charge in [0.2, 0.25) is 5.91 Å². The van der Waals surface area contributed by atoms with Gasteiger partial charge in [0.15, 0.2) is 5.69 Å². The maximum absolute atomic E-state index is 14.9. The molecule has 1 aliphatic carbocycles. The molecule has 6 nitrogen and oxygen atoms in total. The smallest absolute Gasteiger partial charge is 0.280 e. The second-order valence-electron chi connectivity index (χ2n) is 7.72. The zero-order valence-electron chi connectivity index (χ0n) is 17.1. The quantitative estimate of drug-likeness (QED) is 0.618. The predicted octanol–water partition coefficient (Wildman–Crippen LogP) is 4.43. The number of benzene rings is 2. The summed E-state index contributed by atoms with van der Waals surface area (Å²) in [5.74, 6) is -1.51. The average molecular weight is 439 g/mol. The summed E-state index contributed by atoms with van der Waals surface area (Å²) in [6.45, 7) is 1.91. The minimum Gasteiger partial charge on any atom is -0.351 e. The lowest BCUT2D eigenvalue weighted by Gasteiger charge is -2.32. The molecule has 3 aromatic rings. The highest BCUT2D eigenvalue weighted by Gasteiger charge is 2.36. The van der Waals surface area contributed by atoms with E-state index in [2.05, 4.69) is 14.9 Å². The molecule has 2 amide bonds. The molecule has 0 saturated heterocycles. The maximum atomic E-state index is 14.9. The number of nitrogens with one attached hydrogen (secondary N) is 1. The molecule has 0 radical (unpaired) electrons. The molecule has 2 aromatic carbocycles. The molecule has 1 saturated carbocycles. The summed E-state index contributed by atoms with van der Waals surface area (Å²) in [5.41, 5.74) is 1.64. The molecule has 1 atom stereocenters. The number of para-hydroxylation sites is 1. The van der Waals surface area contributed by atoms with E-state index < -0.39 is 17.8 Å². The van der Waals surface area contributed by atoms with E-state index in [4.69, 9.17) is 0 Å². The van der Waals surface area contributed by atoms with E-state index in [1.807, 2.05) is 25.1 Å². The van der Waals surface area contributed by atoms with Crippen LogP contribution in [0.1, 0.15) is 53.3 Å². The molecule has 1 fully saturated rings. The van der Waals surface area contributed by atoms with E-state index in [1.165, 1.54) is 22.4 Å². The van der Waals surface area contributed by atoms with Gasteiger partial charge in [-0.2, -0.15) is 0 Å². The van der Waals surface area contributed by atoms with Crippen molar-refractivity contribution in [1.29, 1.82) is 0 Å². The molecule has 1 heterocycles. The summed E-state index contributed by atoms with van der Waals surface area (Å²) >= 11 is 1.03. The number of aromatic nitrogens is 2. The largest absolute Gasteiger partial charge is 0.351 e. The number of hydrogen-bond donors (Lipinski definition) is 1. The van der Waals surface area contributed by atoms with Crippen LogP contribution in [0.3, 0.4) is 0 Å². The van der Waals surface area contributed by atoms with Crippen molar-refractivity contribution >= 4 is 29.0 Å². The number of amides is 2. The molecule has 0 aliphatic heterocycles. The van der Waals surface area contributed by atoms with Gasteiger partial charge in [-0.05, 0) is 49.0 Å². The Kier molecular flexibility index (Phi) is 6.36. The Morgan fingerprint density at radius 3 is 2.61 bits per heavy atom. The third-order valence-corrected chi connectivity index (χ3v) is 5.98. The third-order valence-electron chi connectivity index (χ3n) is 5.48. The molecule has 0 unspecified atom stereocenters. The van der Waals surface area contributed by atoms with Crippen LogP contribution in [-0.4, -0.2) is 27.4 Å². The lowest BCUT2D eigenvalue weighted by Crippen LogP contribution is -2.46. The summed E-state index contributed by atoms with van der Waals surface area (Å²) in [7, 11) is 0. The summed E-state index contributed by atoms with van der Waals surface area (Å²) in [6.07, 6.45) is 3.91. The van der Waals surface area contributed by atoms with Crippen molar-refractivity contribution in [2.45, 2.75) is 44.7 Å². The standard InChI is InChI=1S/C23H23FN4O2S/c1-15-7-6-8-16(13-15)21(22(29)25-17-9-2-3-10-17)28(20-12-5-4-11-18(20)24)23(30)19-14-31-27-26-19/h4-8,11-14,17,21H,2-3,9-10H2,1H3,(H,25,29)/t21-/m0/s1. The van der Waals surface area contributed by atoms with Crippen LogP contribution in [0.5, 0.6) is 0 Å². The molecule has 1 aromatic heterocycles. The fraction of sp³-hybridized carbons (Fsp3) is 0.304. The number of nitrogens with zero attached hydrogens (tertiary/aromatic N) is 3. The molecule has 0 spiro atoms. The van der Waals surface area contributed by atoms with Crippen molar-refractivity contribution < 1.29 is 14.0 Å². The SMILES string of the molecule is Cc1cccc([C@@H](C(=O)NC2CCCC2)N(C(=O)c2csnn2)c2ccccc2F)c1. The van der Waals surface area contributed by atoms with Crippen LogP contribution in [0.2, 0.25) is 0 Å². The number of halogens is 1. The minimum absolute atomic E-state index is 0.0218. The molecule has 31 heavy (non-hydrogen) atoms. The number of aryl methyl sites for hydroxylation is 1. The zero-order valence-corrected chi connectivity index (χ0v) is 17.9. The highest BCUT2D eigenvalue weighted by atomic mass is 32.1. The second kappa shape index (κ2) is 9.34. The monoisotopic (exact) mass is 438 g/mol. The van der Waals surface area contributed by atoms with Crippen LogP contribution < -0.4 is 10.2 Å². The van der Waals surface area contributed by atoms with Gasteiger partial charge in [0.05, 0.1) is 5.69 Å². The highest BCUT2D eigenvalue weighted by Crippen LogP contribution is 2.32. The van der Waals surface area contributed by atoms with Crippen molar-refractivity contribution in [3.8, 4) is 0 Å². The van der Waals surface area contributed by atoms with E-state index in [1.54, 1.807) is 18.2 Å². The van der Waals surface area contributed by atoms with Gasteiger partial charge >= 0.3 is 0 Å². The molecule has 8 heteroatoms. The van der Waals surface area contributed by atoms with Crippen molar-refractivity contribution in [1.82, 2.24) is 14.9 Å². The molecule has 1 aliphatic rings. The van der Waals surface area contributed by atoms with E-state index in [0.29, 0.717) is 5.56 Å². The lowest BCUT2D eigenvalue weighted by atomic mass is 10.00. The number of hydrogen-bond acceptors (Lipinski definition) is 5. The van der Waals surface area contributed by atoms with Gasteiger partial charge in [0.25, 0.3) is 5.91 Å². The highest BCUT2D eigenvalue weighted by molar-refractivity contribution is 7.03. The van der Waals surface area contributed by atoms with Gasteiger partial charge in [-0.15, -0.1) is 5.10 Å². The third kappa shape index (κ3) is 4.64. The lowest BCUT2D eigenvalue weighted by molar-refractivity contribution is -0.123. The molecule has 0 bridgehead atoms. The first-order valence-corrected chi connectivity index (χ1v) is 11.1. The molecular formula is C23H23FN4O2S. The van der Waals surface area contributed by atoms with Gasteiger partial charge in [-0.1, -0.05) is 59.3 Å². The Balaban J connectivity index is 1.83. The maximum Gasteiger partial charge on any atom is 0.280 e. The van der Waals surface area contributed by atoms with Crippen LogP contribution in [0.4, 0.5) is 10.1 Å². The Bertz CT molecular complexity index is 1070. The van der Waals surface area contributed by atoms with Crippen LogP contribution >= 0.6 is 11.5 Å².